The molecule has 0 unspecified atom stereocenters. The lowest BCUT2D eigenvalue weighted by molar-refractivity contribution is 0.0545. The number of aromatic hydroxyl groups is 2. The summed E-state index contributed by atoms with van der Waals surface area (Å²) < 4.78 is 5.13. The van der Waals surface area contributed by atoms with Crippen molar-refractivity contribution in [2.24, 2.45) is 5.41 Å². The lowest BCUT2D eigenvalue weighted by atomic mass is 9.75. The molecule has 1 aromatic carbocycles. The lowest BCUT2D eigenvalue weighted by Gasteiger charge is -2.30. The van der Waals surface area contributed by atoms with Gasteiger partial charge in [0.2, 0.25) is 0 Å². The molecule has 160 valence electrons. The number of benzene rings is 1. The van der Waals surface area contributed by atoms with Crippen molar-refractivity contribution in [1.29, 1.82) is 0 Å². The Balaban J connectivity index is 1.87. The van der Waals surface area contributed by atoms with Gasteiger partial charge in [0.15, 0.2) is 0 Å². The average molecular weight is 409 g/mol. The average Bonchev–Trinajstić information content (AvgIpc) is 2.68. The van der Waals surface area contributed by atoms with Gasteiger partial charge >= 0.3 is 5.97 Å². The predicted octanol–water partition coefficient (Wildman–Crippen LogP) is 6.40. The van der Waals surface area contributed by atoms with Crippen LogP contribution in [0.5, 0.6) is 11.5 Å². The maximum atomic E-state index is 12.0. The standard InChI is InChI=1S/C26H32O4/c1-19(11-12-21-10-5-6-16-26(21,3)4)8-7-9-20(2)15-17-30-25(29)23-18-22(27)13-14-24(23)28/h7-15,18,27-28H,5-6,16-17H2,1-4H3/b9-7+,12-11+,19-8+,20-15+. The first-order chi connectivity index (χ1) is 14.2. The highest BCUT2D eigenvalue weighted by molar-refractivity contribution is 5.92. The van der Waals surface area contributed by atoms with E-state index in [1.54, 1.807) is 6.08 Å². The van der Waals surface area contributed by atoms with Crippen LogP contribution in [0.15, 0.2) is 77.5 Å². The molecule has 2 rings (SSSR count). The summed E-state index contributed by atoms with van der Waals surface area (Å²) in [5, 5.41) is 19.1. The first kappa shape index (κ1) is 23.3. The maximum absolute atomic E-state index is 12.0. The predicted molar refractivity (Wildman–Crippen MR) is 122 cm³/mol. The van der Waals surface area contributed by atoms with Crippen LogP contribution in [-0.4, -0.2) is 22.8 Å². The molecule has 0 aliphatic heterocycles. The van der Waals surface area contributed by atoms with Crippen LogP contribution < -0.4 is 0 Å². The van der Waals surface area contributed by atoms with E-state index in [-0.39, 0.29) is 29.1 Å². The summed E-state index contributed by atoms with van der Waals surface area (Å²) in [7, 11) is 0. The van der Waals surface area contributed by atoms with Gasteiger partial charge in [0.25, 0.3) is 0 Å². The highest BCUT2D eigenvalue weighted by atomic mass is 16.5. The SMILES string of the molecule is CC(/C=C/C1=CCCCC1(C)C)=C\C=C\C(C)=C\COC(=O)c1cc(O)ccc1O. The fraction of sp³-hybridized carbons (Fsp3) is 0.346. The van der Waals surface area contributed by atoms with Crippen molar-refractivity contribution in [3.8, 4) is 11.5 Å². The highest BCUT2D eigenvalue weighted by Gasteiger charge is 2.23. The topological polar surface area (TPSA) is 66.8 Å². The molecule has 4 heteroatoms. The second kappa shape index (κ2) is 10.7. The monoisotopic (exact) mass is 408 g/mol. The minimum Gasteiger partial charge on any atom is -0.508 e. The van der Waals surface area contributed by atoms with E-state index in [0.717, 1.165) is 17.6 Å². The molecule has 0 saturated carbocycles. The largest absolute Gasteiger partial charge is 0.508 e. The van der Waals surface area contributed by atoms with E-state index < -0.39 is 5.97 Å². The first-order valence-electron chi connectivity index (χ1n) is 10.3. The summed E-state index contributed by atoms with van der Waals surface area (Å²) in [5.74, 6) is -1.01. The number of esters is 1. The van der Waals surface area contributed by atoms with Crippen LogP contribution in [0.2, 0.25) is 0 Å². The molecule has 0 saturated heterocycles. The number of hydrogen-bond acceptors (Lipinski definition) is 4. The minimum atomic E-state index is -0.683. The van der Waals surface area contributed by atoms with Gasteiger partial charge in [-0.2, -0.15) is 0 Å². The molecule has 1 aliphatic carbocycles. The van der Waals surface area contributed by atoms with Crippen molar-refractivity contribution in [2.75, 3.05) is 6.61 Å². The van der Waals surface area contributed by atoms with E-state index in [2.05, 4.69) is 39.0 Å². The number of ether oxygens (including phenoxy) is 1. The zero-order valence-corrected chi connectivity index (χ0v) is 18.3. The zero-order chi connectivity index (χ0) is 22.1. The third kappa shape index (κ3) is 7.11. The number of carbonyl (C=O) groups excluding carboxylic acids is 1. The third-order valence-electron chi connectivity index (χ3n) is 5.22. The van der Waals surface area contributed by atoms with Crippen molar-refractivity contribution < 1.29 is 19.7 Å². The Morgan fingerprint density at radius 3 is 2.67 bits per heavy atom. The van der Waals surface area contributed by atoms with E-state index in [4.69, 9.17) is 4.74 Å². The van der Waals surface area contributed by atoms with Gasteiger partial charge in [0.05, 0.1) is 0 Å². The Bertz CT molecular complexity index is 911. The Labute approximate surface area is 179 Å². The molecule has 1 aliphatic rings. The molecule has 0 amide bonds. The number of rotatable bonds is 7. The van der Waals surface area contributed by atoms with Crippen molar-refractivity contribution >= 4 is 5.97 Å². The third-order valence-corrected chi connectivity index (χ3v) is 5.22. The van der Waals surface area contributed by atoms with E-state index in [0.29, 0.717) is 0 Å². The molecule has 0 heterocycles. The quantitative estimate of drug-likeness (QED) is 0.311. The van der Waals surface area contributed by atoms with Gasteiger partial charge in [-0.3, -0.25) is 0 Å². The van der Waals surface area contributed by atoms with Gasteiger partial charge in [-0.05, 0) is 68.4 Å². The summed E-state index contributed by atoms with van der Waals surface area (Å²) in [6, 6.07) is 3.74. The summed E-state index contributed by atoms with van der Waals surface area (Å²) in [4.78, 5) is 12.0. The van der Waals surface area contributed by atoms with Crippen molar-refractivity contribution in [3.63, 3.8) is 0 Å². The number of allylic oxidation sites excluding steroid dienone is 9. The Kier molecular flexibility index (Phi) is 8.28. The zero-order valence-electron chi connectivity index (χ0n) is 18.3. The van der Waals surface area contributed by atoms with Crippen LogP contribution in [0.25, 0.3) is 0 Å². The lowest BCUT2D eigenvalue weighted by Crippen LogP contribution is -2.16. The molecule has 0 fully saturated rings. The van der Waals surface area contributed by atoms with E-state index >= 15 is 0 Å². The second-order valence-corrected chi connectivity index (χ2v) is 8.29. The van der Waals surface area contributed by atoms with Gasteiger partial charge in [-0.1, -0.05) is 61.4 Å². The molecular weight excluding hydrogens is 376 g/mol. The van der Waals surface area contributed by atoms with Gasteiger partial charge in [0, 0.05) is 0 Å². The van der Waals surface area contributed by atoms with Gasteiger partial charge in [-0.25, -0.2) is 4.79 Å². The number of phenolic OH excluding ortho intramolecular Hbond substituents is 2. The Hall–Kier alpha value is -3.01. The van der Waals surface area contributed by atoms with Gasteiger partial charge < -0.3 is 14.9 Å². The van der Waals surface area contributed by atoms with Crippen molar-refractivity contribution in [3.05, 3.63) is 83.0 Å². The molecule has 2 N–H and O–H groups in total. The molecule has 0 atom stereocenters. The normalized spacial score (nSPS) is 17.4. The van der Waals surface area contributed by atoms with Crippen LogP contribution in [0.1, 0.15) is 57.3 Å². The van der Waals surface area contributed by atoms with Crippen molar-refractivity contribution in [2.45, 2.75) is 47.0 Å². The van der Waals surface area contributed by atoms with E-state index in [9.17, 15) is 15.0 Å². The van der Waals surface area contributed by atoms with Crippen LogP contribution in [0.4, 0.5) is 0 Å². The summed E-state index contributed by atoms with van der Waals surface area (Å²) in [5.41, 5.74) is 3.70. The van der Waals surface area contributed by atoms with E-state index in [1.807, 2.05) is 25.2 Å². The molecule has 4 nitrogen and oxygen atoms in total. The Morgan fingerprint density at radius 1 is 1.17 bits per heavy atom. The minimum absolute atomic E-state index is 0.0572. The van der Waals surface area contributed by atoms with Crippen LogP contribution in [0, 0.1) is 5.41 Å². The summed E-state index contributed by atoms with van der Waals surface area (Å²) >= 11 is 0. The summed E-state index contributed by atoms with van der Waals surface area (Å²) in [6.45, 7) is 8.66. The molecule has 0 aromatic heterocycles. The molecule has 0 bridgehead atoms. The Morgan fingerprint density at radius 2 is 1.93 bits per heavy atom. The summed E-state index contributed by atoms with van der Waals surface area (Å²) in [6.07, 6.45) is 18.1. The molecule has 1 aromatic rings. The fourth-order valence-corrected chi connectivity index (χ4v) is 3.23. The molecular formula is C26H32O4. The van der Waals surface area contributed by atoms with Crippen LogP contribution in [0.3, 0.4) is 0 Å². The van der Waals surface area contributed by atoms with Gasteiger partial charge in [-0.15, -0.1) is 0 Å². The van der Waals surface area contributed by atoms with Crippen LogP contribution in [-0.2, 0) is 4.74 Å². The number of carbonyl (C=O) groups is 1. The second-order valence-electron chi connectivity index (χ2n) is 8.29. The maximum Gasteiger partial charge on any atom is 0.342 e. The van der Waals surface area contributed by atoms with Gasteiger partial charge in [0.1, 0.15) is 23.7 Å². The molecule has 30 heavy (non-hydrogen) atoms. The fourth-order valence-electron chi connectivity index (χ4n) is 3.23. The highest BCUT2D eigenvalue weighted by Crippen LogP contribution is 2.37. The molecule has 0 radical (unpaired) electrons. The smallest absolute Gasteiger partial charge is 0.342 e. The molecule has 0 spiro atoms. The van der Waals surface area contributed by atoms with E-state index in [1.165, 1.54) is 36.6 Å². The number of hydrogen-bond donors (Lipinski definition) is 2. The van der Waals surface area contributed by atoms with Crippen molar-refractivity contribution in [1.82, 2.24) is 0 Å². The number of phenols is 2. The van der Waals surface area contributed by atoms with Crippen LogP contribution >= 0.6 is 0 Å². The first-order valence-corrected chi connectivity index (χ1v) is 10.3.